The molecule has 0 aromatic carbocycles. The van der Waals surface area contributed by atoms with Crippen LogP contribution in [0.5, 0.6) is 0 Å². The van der Waals surface area contributed by atoms with Gasteiger partial charge in [-0.1, -0.05) is 0 Å². The van der Waals surface area contributed by atoms with E-state index in [1.807, 2.05) is 0 Å². The van der Waals surface area contributed by atoms with Gasteiger partial charge < -0.3 is 4.90 Å². The quantitative estimate of drug-likeness (QED) is 0.775. The molecule has 1 aromatic rings. The predicted molar refractivity (Wildman–Crippen MR) is 73.9 cm³/mol. The van der Waals surface area contributed by atoms with Gasteiger partial charge in [0.2, 0.25) is 5.95 Å². The molecule has 0 radical (unpaired) electrons. The van der Waals surface area contributed by atoms with E-state index in [1.54, 1.807) is 11.0 Å². The van der Waals surface area contributed by atoms with Crippen LogP contribution in [-0.2, 0) is 0 Å². The Morgan fingerprint density at radius 3 is 2.80 bits per heavy atom. The van der Waals surface area contributed by atoms with Crippen LogP contribution in [0.3, 0.4) is 0 Å². The smallest absolute Gasteiger partial charge is 0.258 e. The SMILES string of the molecule is O=C(c1cccnc1F)N1CCCC(N2CCCC2)C1. The van der Waals surface area contributed by atoms with E-state index in [4.69, 9.17) is 0 Å². The molecule has 3 heterocycles. The number of piperidine rings is 1. The first-order chi connectivity index (χ1) is 9.75. The summed E-state index contributed by atoms with van der Waals surface area (Å²) in [5.74, 6) is -0.889. The largest absolute Gasteiger partial charge is 0.337 e. The third-order valence-corrected chi connectivity index (χ3v) is 4.33. The lowest BCUT2D eigenvalue weighted by Gasteiger charge is -2.37. The standard InChI is InChI=1S/C15H20FN3O/c16-14-13(6-3-7-17-14)15(20)19-10-4-5-12(11-19)18-8-1-2-9-18/h3,6-7,12H,1-2,4-5,8-11H2. The monoisotopic (exact) mass is 277 g/mol. The third-order valence-electron chi connectivity index (χ3n) is 4.33. The Balaban J connectivity index is 1.70. The van der Waals surface area contributed by atoms with E-state index in [2.05, 4.69) is 9.88 Å². The molecule has 2 saturated heterocycles. The number of hydrogen-bond acceptors (Lipinski definition) is 3. The lowest BCUT2D eigenvalue weighted by atomic mass is 10.0. The Morgan fingerprint density at radius 1 is 1.25 bits per heavy atom. The Bertz CT molecular complexity index is 488. The summed E-state index contributed by atoms with van der Waals surface area (Å²) in [4.78, 5) is 20.2. The second-order valence-corrected chi connectivity index (χ2v) is 5.63. The number of likely N-dealkylation sites (tertiary alicyclic amines) is 2. The minimum atomic E-state index is -0.666. The summed E-state index contributed by atoms with van der Waals surface area (Å²) in [6.45, 7) is 3.70. The topological polar surface area (TPSA) is 36.4 Å². The van der Waals surface area contributed by atoms with Crippen LogP contribution in [0.2, 0.25) is 0 Å². The highest BCUT2D eigenvalue weighted by Gasteiger charge is 2.30. The van der Waals surface area contributed by atoms with Gasteiger partial charge in [-0.3, -0.25) is 9.69 Å². The number of rotatable bonds is 2. The van der Waals surface area contributed by atoms with Crippen LogP contribution >= 0.6 is 0 Å². The molecule has 20 heavy (non-hydrogen) atoms. The maximum absolute atomic E-state index is 13.6. The van der Waals surface area contributed by atoms with Gasteiger partial charge >= 0.3 is 0 Å². The Kier molecular flexibility index (Phi) is 3.96. The molecule has 4 nitrogen and oxygen atoms in total. The molecule has 1 unspecified atom stereocenters. The van der Waals surface area contributed by atoms with Crippen molar-refractivity contribution in [3.63, 3.8) is 0 Å². The average Bonchev–Trinajstić information content (AvgIpc) is 3.01. The molecular weight excluding hydrogens is 257 g/mol. The summed E-state index contributed by atoms with van der Waals surface area (Å²) in [6.07, 6.45) is 6.01. The van der Waals surface area contributed by atoms with E-state index in [1.165, 1.54) is 25.1 Å². The van der Waals surface area contributed by atoms with Crippen LogP contribution in [0.4, 0.5) is 4.39 Å². The molecule has 0 spiro atoms. The van der Waals surface area contributed by atoms with Crippen molar-refractivity contribution >= 4 is 5.91 Å². The van der Waals surface area contributed by atoms with Crippen molar-refractivity contribution in [3.05, 3.63) is 29.8 Å². The van der Waals surface area contributed by atoms with E-state index in [0.717, 1.165) is 32.5 Å². The van der Waals surface area contributed by atoms with Gasteiger partial charge in [0.1, 0.15) is 0 Å². The first kappa shape index (κ1) is 13.5. The summed E-state index contributed by atoms with van der Waals surface area (Å²) < 4.78 is 13.6. The number of halogens is 1. The number of carbonyl (C=O) groups is 1. The number of pyridine rings is 1. The first-order valence-corrected chi connectivity index (χ1v) is 7.39. The van der Waals surface area contributed by atoms with Gasteiger partial charge in [0, 0.05) is 25.3 Å². The molecular formula is C15H20FN3O. The highest BCUT2D eigenvalue weighted by Crippen LogP contribution is 2.22. The number of hydrogen-bond donors (Lipinski definition) is 0. The maximum atomic E-state index is 13.6. The van der Waals surface area contributed by atoms with Crippen LogP contribution in [0.15, 0.2) is 18.3 Å². The molecule has 2 fully saturated rings. The van der Waals surface area contributed by atoms with Crippen LogP contribution in [0.25, 0.3) is 0 Å². The van der Waals surface area contributed by atoms with E-state index in [-0.39, 0.29) is 11.5 Å². The lowest BCUT2D eigenvalue weighted by Crippen LogP contribution is -2.49. The first-order valence-electron chi connectivity index (χ1n) is 7.39. The van der Waals surface area contributed by atoms with Crippen molar-refractivity contribution in [2.45, 2.75) is 31.7 Å². The summed E-state index contributed by atoms with van der Waals surface area (Å²) in [5.41, 5.74) is 0.0922. The fourth-order valence-corrected chi connectivity index (χ4v) is 3.26. The second kappa shape index (κ2) is 5.87. The van der Waals surface area contributed by atoms with Gasteiger partial charge in [0.25, 0.3) is 5.91 Å². The van der Waals surface area contributed by atoms with Gasteiger partial charge in [0.15, 0.2) is 0 Å². The number of nitrogens with zero attached hydrogens (tertiary/aromatic N) is 3. The molecule has 2 aliphatic rings. The van der Waals surface area contributed by atoms with E-state index >= 15 is 0 Å². The fourth-order valence-electron chi connectivity index (χ4n) is 3.26. The summed E-state index contributed by atoms with van der Waals surface area (Å²) >= 11 is 0. The van der Waals surface area contributed by atoms with E-state index < -0.39 is 5.95 Å². The molecule has 3 rings (SSSR count). The molecule has 1 atom stereocenters. The number of aromatic nitrogens is 1. The Morgan fingerprint density at radius 2 is 2.05 bits per heavy atom. The fraction of sp³-hybridized carbons (Fsp3) is 0.600. The van der Waals surface area contributed by atoms with Crippen molar-refractivity contribution in [2.75, 3.05) is 26.2 Å². The van der Waals surface area contributed by atoms with Gasteiger partial charge in [-0.05, 0) is 50.9 Å². The summed E-state index contributed by atoms with van der Waals surface area (Å²) in [7, 11) is 0. The van der Waals surface area contributed by atoms with Gasteiger partial charge in [-0.15, -0.1) is 0 Å². The highest BCUT2D eigenvalue weighted by molar-refractivity contribution is 5.94. The molecule has 5 heteroatoms. The van der Waals surface area contributed by atoms with Crippen molar-refractivity contribution in [1.29, 1.82) is 0 Å². The molecule has 1 aromatic heterocycles. The molecule has 0 bridgehead atoms. The maximum Gasteiger partial charge on any atom is 0.258 e. The number of amides is 1. The van der Waals surface area contributed by atoms with Gasteiger partial charge in [-0.25, -0.2) is 4.98 Å². The average molecular weight is 277 g/mol. The Hall–Kier alpha value is -1.49. The van der Waals surface area contributed by atoms with Gasteiger partial charge in [0.05, 0.1) is 5.56 Å². The minimum Gasteiger partial charge on any atom is -0.337 e. The molecule has 2 aliphatic heterocycles. The molecule has 0 N–H and O–H groups in total. The van der Waals surface area contributed by atoms with Crippen molar-refractivity contribution in [3.8, 4) is 0 Å². The second-order valence-electron chi connectivity index (χ2n) is 5.63. The Labute approximate surface area is 118 Å². The van der Waals surface area contributed by atoms with E-state index in [9.17, 15) is 9.18 Å². The zero-order valence-electron chi connectivity index (χ0n) is 11.6. The van der Waals surface area contributed by atoms with Crippen LogP contribution in [0.1, 0.15) is 36.0 Å². The van der Waals surface area contributed by atoms with Crippen LogP contribution < -0.4 is 0 Å². The molecule has 1 amide bonds. The predicted octanol–water partition coefficient (Wildman–Crippen LogP) is 1.92. The zero-order valence-corrected chi connectivity index (χ0v) is 11.6. The van der Waals surface area contributed by atoms with Crippen LogP contribution in [0, 0.1) is 5.95 Å². The van der Waals surface area contributed by atoms with Crippen molar-refractivity contribution in [1.82, 2.24) is 14.8 Å². The van der Waals surface area contributed by atoms with Crippen molar-refractivity contribution in [2.24, 2.45) is 0 Å². The minimum absolute atomic E-state index is 0.0922. The summed E-state index contributed by atoms with van der Waals surface area (Å²) in [5, 5.41) is 0. The highest BCUT2D eigenvalue weighted by atomic mass is 19.1. The van der Waals surface area contributed by atoms with Crippen molar-refractivity contribution < 1.29 is 9.18 Å². The molecule has 108 valence electrons. The van der Waals surface area contributed by atoms with E-state index in [0.29, 0.717) is 12.6 Å². The summed E-state index contributed by atoms with van der Waals surface area (Å²) in [6, 6.07) is 3.57. The zero-order chi connectivity index (χ0) is 13.9. The normalized spacial score (nSPS) is 24.1. The van der Waals surface area contributed by atoms with Crippen LogP contribution in [-0.4, -0.2) is 52.9 Å². The van der Waals surface area contributed by atoms with Gasteiger partial charge in [-0.2, -0.15) is 4.39 Å². The third kappa shape index (κ3) is 2.68. The lowest BCUT2D eigenvalue weighted by molar-refractivity contribution is 0.0602. The molecule has 0 saturated carbocycles. The molecule has 0 aliphatic carbocycles. The number of carbonyl (C=O) groups excluding carboxylic acids is 1.